The smallest absolute Gasteiger partial charge is 0.251 e. The average Bonchev–Trinajstić information content (AvgIpc) is 2.85. The van der Waals surface area contributed by atoms with Gasteiger partial charge in [-0.3, -0.25) is 4.79 Å². The summed E-state index contributed by atoms with van der Waals surface area (Å²) in [6, 6.07) is 21.9. The number of nitrogens with zero attached hydrogens (tertiary/aromatic N) is 2. The average molecular weight is 496 g/mol. The molecule has 35 heavy (non-hydrogen) atoms. The zero-order valence-electron chi connectivity index (χ0n) is 20.9. The van der Waals surface area contributed by atoms with E-state index >= 15 is 0 Å². The van der Waals surface area contributed by atoms with E-state index in [1.807, 2.05) is 80.5 Å². The Morgan fingerprint density at radius 3 is 2.23 bits per heavy atom. The summed E-state index contributed by atoms with van der Waals surface area (Å²) < 4.78 is 33.3. The number of likely N-dealkylation sites (N-methyl/N-ethyl adjacent to an activating group) is 1. The molecule has 186 valence electrons. The molecule has 3 aromatic carbocycles. The monoisotopic (exact) mass is 495 g/mol. The second-order valence-corrected chi connectivity index (χ2v) is 10.7. The van der Waals surface area contributed by atoms with Crippen molar-refractivity contribution in [3.63, 3.8) is 0 Å². The van der Waals surface area contributed by atoms with Gasteiger partial charge in [0.05, 0.1) is 13.2 Å². The van der Waals surface area contributed by atoms with Crippen LogP contribution in [0.4, 0.5) is 0 Å². The molecule has 0 spiro atoms. The van der Waals surface area contributed by atoms with E-state index in [4.69, 9.17) is 4.74 Å². The maximum atomic E-state index is 13.4. The fourth-order valence-corrected chi connectivity index (χ4v) is 5.13. The Labute approximate surface area is 208 Å². The molecule has 8 heteroatoms. The third-order valence-corrected chi connectivity index (χ3v) is 7.73. The minimum atomic E-state index is -3.91. The second kappa shape index (κ2) is 11.5. The maximum Gasteiger partial charge on any atom is 0.251 e. The summed E-state index contributed by atoms with van der Waals surface area (Å²) in [5.41, 5.74) is 3.36. The van der Waals surface area contributed by atoms with Crippen molar-refractivity contribution in [3.8, 4) is 5.75 Å². The van der Waals surface area contributed by atoms with Crippen LogP contribution in [-0.4, -0.2) is 58.3 Å². The van der Waals surface area contributed by atoms with Crippen LogP contribution in [0.5, 0.6) is 5.75 Å². The number of benzene rings is 3. The quantitative estimate of drug-likeness (QED) is 0.462. The number of nitrogens with one attached hydrogen (secondary N) is 1. The van der Waals surface area contributed by atoms with Crippen molar-refractivity contribution in [3.05, 3.63) is 95.1 Å². The summed E-state index contributed by atoms with van der Waals surface area (Å²) in [6.07, 6.45) is 0. The lowest BCUT2D eigenvalue weighted by molar-refractivity contribution is 0.0941. The van der Waals surface area contributed by atoms with E-state index in [1.54, 1.807) is 6.07 Å². The standard InChI is InChI=1S/C27H33N3O4S/c1-20-11-13-22(14-12-20)24(29(2)3)18-28-27(31)23-15-16-25(34-5)26(17-23)35(32,33)30(4)19-21-9-7-6-8-10-21/h6-17,24H,18-19H2,1-5H3,(H,28,31). The van der Waals surface area contributed by atoms with Gasteiger partial charge in [0.2, 0.25) is 10.0 Å². The predicted octanol–water partition coefficient (Wildman–Crippen LogP) is 3.86. The molecule has 0 aliphatic rings. The van der Waals surface area contributed by atoms with Crippen LogP contribution >= 0.6 is 0 Å². The number of carbonyl (C=O) groups is 1. The number of hydrogen-bond acceptors (Lipinski definition) is 5. The van der Waals surface area contributed by atoms with Gasteiger partial charge in [0.25, 0.3) is 5.91 Å². The normalized spacial score (nSPS) is 12.5. The van der Waals surface area contributed by atoms with Gasteiger partial charge in [-0.15, -0.1) is 0 Å². The molecule has 0 bridgehead atoms. The van der Waals surface area contributed by atoms with Crippen molar-refractivity contribution in [1.82, 2.24) is 14.5 Å². The summed E-state index contributed by atoms with van der Waals surface area (Å²) in [7, 11) is 2.93. The lowest BCUT2D eigenvalue weighted by Crippen LogP contribution is -2.34. The Bertz CT molecular complexity index is 1240. The number of sulfonamides is 1. The Balaban J connectivity index is 1.81. The fourth-order valence-electron chi connectivity index (χ4n) is 3.79. The van der Waals surface area contributed by atoms with Crippen molar-refractivity contribution in [2.75, 3.05) is 34.8 Å². The number of methoxy groups -OCH3 is 1. The van der Waals surface area contributed by atoms with Gasteiger partial charge < -0.3 is 15.0 Å². The topological polar surface area (TPSA) is 79.0 Å². The highest BCUT2D eigenvalue weighted by atomic mass is 32.2. The Morgan fingerprint density at radius 2 is 1.63 bits per heavy atom. The number of ether oxygens (including phenoxy) is 1. The van der Waals surface area contributed by atoms with Crippen LogP contribution in [0.2, 0.25) is 0 Å². The van der Waals surface area contributed by atoms with Crippen LogP contribution in [0.3, 0.4) is 0 Å². The minimum Gasteiger partial charge on any atom is -0.495 e. The summed E-state index contributed by atoms with van der Waals surface area (Å²) in [5.74, 6) is -0.166. The van der Waals surface area contributed by atoms with Crippen LogP contribution < -0.4 is 10.1 Å². The van der Waals surface area contributed by atoms with E-state index in [0.717, 1.165) is 11.1 Å². The molecule has 1 atom stereocenters. The van der Waals surface area contributed by atoms with Crippen LogP contribution in [0, 0.1) is 6.92 Å². The Hall–Kier alpha value is -3.20. The van der Waals surface area contributed by atoms with Gasteiger partial charge in [-0.05, 0) is 50.3 Å². The van der Waals surface area contributed by atoms with Gasteiger partial charge in [0, 0.05) is 25.7 Å². The molecule has 1 unspecified atom stereocenters. The van der Waals surface area contributed by atoms with Crippen LogP contribution in [0.15, 0.2) is 77.7 Å². The van der Waals surface area contributed by atoms with Crippen LogP contribution in [0.1, 0.15) is 33.1 Å². The number of amides is 1. The van der Waals surface area contributed by atoms with Crippen molar-refractivity contribution in [2.24, 2.45) is 0 Å². The SMILES string of the molecule is COc1ccc(C(=O)NCC(c2ccc(C)cc2)N(C)C)cc1S(=O)(=O)N(C)Cc1ccccc1. The van der Waals surface area contributed by atoms with Gasteiger partial charge in [-0.1, -0.05) is 60.2 Å². The molecular formula is C27H33N3O4S. The van der Waals surface area contributed by atoms with Crippen molar-refractivity contribution in [1.29, 1.82) is 0 Å². The molecule has 1 N–H and O–H groups in total. The highest BCUT2D eigenvalue weighted by Crippen LogP contribution is 2.28. The molecule has 0 radical (unpaired) electrons. The Kier molecular flexibility index (Phi) is 8.67. The maximum absolute atomic E-state index is 13.4. The van der Waals surface area contributed by atoms with Gasteiger partial charge in [-0.2, -0.15) is 4.31 Å². The van der Waals surface area contributed by atoms with Crippen molar-refractivity contribution >= 4 is 15.9 Å². The summed E-state index contributed by atoms with van der Waals surface area (Å²) >= 11 is 0. The number of aryl methyl sites for hydroxylation is 1. The molecular weight excluding hydrogens is 462 g/mol. The zero-order valence-corrected chi connectivity index (χ0v) is 21.7. The summed E-state index contributed by atoms with van der Waals surface area (Å²) in [6.45, 7) is 2.60. The van der Waals surface area contributed by atoms with E-state index in [0.29, 0.717) is 6.54 Å². The van der Waals surface area contributed by atoms with E-state index in [-0.39, 0.29) is 34.7 Å². The number of rotatable bonds is 10. The Morgan fingerprint density at radius 1 is 0.971 bits per heavy atom. The second-order valence-electron chi connectivity index (χ2n) is 8.71. The first-order valence-corrected chi connectivity index (χ1v) is 12.8. The summed E-state index contributed by atoms with van der Waals surface area (Å²) in [4.78, 5) is 15.0. The predicted molar refractivity (Wildman–Crippen MR) is 138 cm³/mol. The van der Waals surface area contributed by atoms with Crippen molar-refractivity contribution in [2.45, 2.75) is 24.4 Å². The molecule has 0 aliphatic heterocycles. The lowest BCUT2D eigenvalue weighted by Gasteiger charge is -2.25. The lowest BCUT2D eigenvalue weighted by atomic mass is 10.0. The first-order chi connectivity index (χ1) is 16.6. The molecule has 0 fully saturated rings. The van der Waals surface area contributed by atoms with E-state index < -0.39 is 10.0 Å². The van der Waals surface area contributed by atoms with E-state index in [1.165, 1.54) is 36.2 Å². The van der Waals surface area contributed by atoms with Gasteiger partial charge in [0.15, 0.2) is 0 Å². The molecule has 0 aliphatic carbocycles. The van der Waals surface area contributed by atoms with Crippen molar-refractivity contribution < 1.29 is 17.9 Å². The fraction of sp³-hybridized carbons (Fsp3) is 0.296. The molecule has 0 aromatic heterocycles. The number of hydrogen-bond donors (Lipinski definition) is 1. The highest BCUT2D eigenvalue weighted by molar-refractivity contribution is 7.89. The largest absolute Gasteiger partial charge is 0.495 e. The van der Waals surface area contributed by atoms with Gasteiger partial charge in [0.1, 0.15) is 10.6 Å². The molecule has 3 aromatic rings. The highest BCUT2D eigenvalue weighted by Gasteiger charge is 2.26. The molecule has 3 rings (SSSR count). The van der Waals surface area contributed by atoms with E-state index in [2.05, 4.69) is 5.32 Å². The molecule has 0 saturated heterocycles. The van der Waals surface area contributed by atoms with Crippen LogP contribution in [-0.2, 0) is 16.6 Å². The van der Waals surface area contributed by atoms with Crippen LogP contribution in [0.25, 0.3) is 0 Å². The van der Waals surface area contributed by atoms with E-state index in [9.17, 15) is 13.2 Å². The third-order valence-electron chi connectivity index (χ3n) is 5.90. The summed E-state index contributed by atoms with van der Waals surface area (Å²) in [5, 5.41) is 2.95. The first-order valence-electron chi connectivity index (χ1n) is 11.3. The van der Waals surface area contributed by atoms with Gasteiger partial charge in [-0.25, -0.2) is 8.42 Å². The molecule has 7 nitrogen and oxygen atoms in total. The zero-order chi connectivity index (χ0) is 25.6. The molecule has 0 heterocycles. The third kappa shape index (κ3) is 6.48. The van der Waals surface area contributed by atoms with Gasteiger partial charge >= 0.3 is 0 Å². The molecule has 0 saturated carbocycles. The molecule has 1 amide bonds. The minimum absolute atomic E-state index is 0.0296. The first kappa shape index (κ1) is 26.4. The number of carbonyl (C=O) groups excluding carboxylic acids is 1.